The molecule has 1 rings (SSSR count). The van der Waals surface area contributed by atoms with Crippen molar-refractivity contribution in [1.82, 2.24) is 0 Å². The number of hydrogen-bond acceptors (Lipinski definition) is 2. The number of carboxylic acid groups (broad SMARTS) is 1. The van der Waals surface area contributed by atoms with Crippen LogP contribution in [-0.2, 0) is 0 Å². The van der Waals surface area contributed by atoms with E-state index in [-0.39, 0.29) is 5.56 Å². The normalized spacial score (nSPS) is 12.5. The summed E-state index contributed by atoms with van der Waals surface area (Å²) < 4.78 is 13.2. The molecule has 0 bridgehead atoms. The average Bonchev–Trinajstić information content (AvgIpc) is 2.15. The van der Waals surface area contributed by atoms with Crippen LogP contribution in [0.5, 0.6) is 0 Å². The van der Waals surface area contributed by atoms with Crippen LogP contribution in [0.2, 0.25) is 0 Å². The second kappa shape index (κ2) is 4.19. The van der Waals surface area contributed by atoms with Crippen LogP contribution in [0.25, 0.3) is 0 Å². The summed E-state index contributed by atoms with van der Waals surface area (Å²) in [6.45, 7) is 1.82. The molecule has 0 saturated carbocycles. The third-order valence-corrected chi connectivity index (χ3v) is 2.10. The summed E-state index contributed by atoms with van der Waals surface area (Å²) in [4.78, 5) is 10.8. The first-order valence-corrected chi connectivity index (χ1v) is 4.35. The maximum atomic E-state index is 13.2. The molecule has 1 atom stereocenters. The van der Waals surface area contributed by atoms with E-state index in [2.05, 4.69) is 0 Å². The molecule has 0 aliphatic heterocycles. The molecule has 0 saturated heterocycles. The van der Waals surface area contributed by atoms with E-state index in [1.165, 1.54) is 6.07 Å². The first-order valence-electron chi connectivity index (χ1n) is 4.35. The molecule has 0 radical (unpaired) electrons. The molecule has 0 aliphatic rings. The third kappa shape index (κ3) is 1.90. The van der Waals surface area contributed by atoms with Crippen LogP contribution in [0.1, 0.15) is 35.3 Å². The van der Waals surface area contributed by atoms with Gasteiger partial charge in [-0.15, -0.1) is 0 Å². The monoisotopic (exact) mass is 197 g/mol. The number of carbonyl (C=O) groups is 1. The molecule has 0 heterocycles. The van der Waals surface area contributed by atoms with Gasteiger partial charge in [0, 0.05) is 6.04 Å². The van der Waals surface area contributed by atoms with Gasteiger partial charge in [-0.3, -0.25) is 0 Å². The van der Waals surface area contributed by atoms with Crippen molar-refractivity contribution in [2.24, 2.45) is 5.73 Å². The second-order valence-electron chi connectivity index (χ2n) is 3.02. The van der Waals surface area contributed by atoms with Crippen molar-refractivity contribution >= 4 is 5.97 Å². The minimum atomic E-state index is -1.28. The van der Waals surface area contributed by atoms with Crippen LogP contribution in [0, 0.1) is 5.82 Å². The van der Waals surface area contributed by atoms with Gasteiger partial charge in [-0.2, -0.15) is 0 Å². The Morgan fingerprint density at radius 2 is 2.29 bits per heavy atom. The number of nitrogens with two attached hydrogens (primary N) is 1. The molecule has 76 valence electrons. The Hall–Kier alpha value is -1.42. The SMILES string of the molecule is CC[C@H](N)c1cccc(F)c1C(=O)O. The van der Waals surface area contributed by atoms with Crippen molar-refractivity contribution in [3.05, 3.63) is 35.1 Å². The molecule has 0 spiro atoms. The standard InChI is InChI=1S/C10H12FNO2/c1-2-8(12)6-4-3-5-7(11)9(6)10(13)14/h3-5,8H,2,12H2,1H3,(H,13,14)/t8-/m0/s1. The highest BCUT2D eigenvalue weighted by Crippen LogP contribution is 2.21. The molecule has 0 fully saturated rings. The summed E-state index contributed by atoms with van der Waals surface area (Å²) >= 11 is 0. The van der Waals surface area contributed by atoms with E-state index in [4.69, 9.17) is 10.8 Å². The Morgan fingerprint density at radius 1 is 1.64 bits per heavy atom. The Balaban J connectivity index is 3.28. The van der Waals surface area contributed by atoms with E-state index < -0.39 is 17.8 Å². The summed E-state index contributed by atoms with van der Waals surface area (Å²) in [5.41, 5.74) is 5.70. The fourth-order valence-electron chi connectivity index (χ4n) is 1.30. The van der Waals surface area contributed by atoms with Gasteiger partial charge in [0.2, 0.25) is 0 Å². The summed E-state index contributed by atoms with van der Waals surface area (Å²) in [5.74, 6) is -2.01. The maximum Gasteiger partial charge on any atom is 0.339 e. The largest absolute Gasteiger partial charge is 0.478 e. The van der Waals surface area contributed by atoms with E-state index in [9.17, 15) is 9.18 Å². The van der Waals surface area contributed by atoms with Gasteiger partial charge in [0.1, 0.15) is 5.82 Å². The van der Waals surface area contributed by atoms with Crippen molar-refractivity contribution in [2.45, 2.75) is 19.4 Å². The predicted molar refractivity (Wildman–Crippen MR) is 50.6 cm³/mol. The number of rotatable bonds is 3. The zero-order valence-electron chi connectivity index (χ0n) is 7.83. The third-order valence-electron chi connectivity index (χ3n) is 2.10. The molecule has 0 amide bonds. The Kier molecular flexibility index (Phi) is 3.19. The Bertz CT molecular complexity index is 352. The molecule has 1 aromatic rings. The van der Waals surface area contributed by atoms with E-state index in [0.717, 1.165) is 6.07 Å². The number of aromatic carboxylic acids is 1. The highest BCUT2D eigenvalue weighted by molar-refractivity contribution is 5.89. The zero-order valence-corrected chi connectivity index (χ0v) is 7.83. The highest BCUT2D eigenvalue weighted by atomic mass is 19.1. The summed E-state index contributed by atoms with van der Waals surface area (Å²) in [6.07, 6.45) is 0.573. The molecule has 1 aromatic carbocycles. The fraction of sp³-hybridized carbons (Fsp3) is 0.300. The van der Waals surface area contributed by atoms with E-state index in [1.807, 2.05) is 6.92 Å². The lowest BCUT2D eigenvalue weighted by molar-refractivity contribution is 0.0690. The molecule has 14 heavy (non-hydrogen) atoms. The Labute approximate surface area is 81.4 Å². The Morgan fingerprint density at radius 3 is 2.79 bits per heavy atom. The van der Waals surface area contributed by atoms with Crippen LogP contribution in [-0.4, -0.2) is 11.1 Å². The first-order chi connectivity index (χ1) is 6.57. The van der Waals surface area contributed by atoms with Crippen molar-refractivity contribution in [3.8, 4) is 0 Å². The quantitative estimate of drug-likeness (QED) is 0.778. The van der Waals surface area contributed by atoms with Gasteiger partial charge in [-0.1, -0.05) is 19.1 Å². The molecule has 0 unspecified atom stereocenters. The number of hydrogen-bond donors (Lipinski definition) is 2. The van der Waals surface area contributed by atoms with Gasteiger partial charge >= 0.3 is 5.97 Å². The van der Waals surface area contributed by atoms with Gasteiger partial charge < -0.3 is 10.8 Å². The molecular formula is C10H12FNO2. The van der Waals surface area contributed by atoms with Crippen LogP contribution in [0.4, 0.5) is 4.39 Å². The molecule has 4 heteroatoms. The van der Waals surface area contributed by atoms with Crippen molar-refractivity contribution in [2.75, 3.05) is 0 Å². The first kappa shape index (κ1) is 10.7. The summed E-state index contributed by atoms with van der Waals surface area (Å²) in [7, 11) is 0. The topological polar surface area (TPSA) is 63.3 Å². The van der Waals surface area contributed by atoms with Gasteiger partial charge in [0.25, 0.3) is 0 Å². The van der Waals surface area contributed by atoms with Crippen molar-refractivity contribution < 1.29 is 14.3 Å². The lowest BCUT2D eigenvalue weighted by Crippen LogP contribution is -2.15. The zero-order chi connectivity index (χ0) is 10.7. The molecule has 0 aliphatic carbocycles. The summed E-state index contributed by atoms with van der Waals surface area (Å²) in [6, 6.07) is 3.69. The number of benzene rings is 1. The van der Waals surface area contributed by atoms with Gasteiger partial charge in [0.15, 0.2) is 0 Å². The smallest absolute Gasteiger partial charge is 0.339 e. The van der Waals surface area contributed by atoms with Gasteiger partial charge in [0.05, 0.1) is 5.56 Å². The van der Waals surface area contributed by atoms with Crippen LogP contribution >= 0.6 is 0 Å². The van der Waals surface area contributed by atoms with E-state index in [1.54, 1.807) is 6.07 Å². The summed E-state index contributed by atoms with van der Waals surface area (Å²) in [5, 5.41) is 8.80. The molecule has 0 aromatic heterocycles. The fourth-order valence-corrected chi connectivity index (χ4v) is 1.30. The predicted octanol–water partition coefficient (Wildman–Crippen LogP) is 1.93. The van der Waals surface area contributed by atoms with Crippen LogP contribution in [0.3, 0.4) is 0 Å². The van der Waals surface area contributed by atoms with E-state index >= 15 is 0 Å². The minimum absolute atomic E-state index is 0.318. The number of halogens is 1. The maximum absolute atomic E-state index is 13.2. The molecule has 3 nitrogen and oxygen atoms in total. The van der Waals surface area contributed by atoms with Crippen molar-refractivity contribution in [3.63, 3.8) is 0 Å². The van der Waals surface area contributed by atoms with Gasteiger partial charge in [-0.05, 0) is 18.1 Å². The molecular weight excluding hydrogens is 185 g/mol. The highest BCUT2D eigenvalue weighted by Gasteiger charge is 2.18. The second-order valence-corrected chi connectivity index (χ2v) is 3.02. The molecule has 3 N–H and O–H groups in total. The van der Waals surface area contributed by atoms with Crippen molar-refractivity contribution in [1.29, 1.82) is 0 Å². The lowest BCUT2D eigenvalue weighted by Gasteiger charge is -2.12. The van der Waals surface area contributed by atoms with Gasteiger partial charge in [-0.25, -0.2) is 9.18 Å². The van der Waals surface area contributed by atoms with Crippen LogP contribution < -0.4 is 5.73 Å². The van der Waals surface area contributed by atoms with E-state index in [0.29, 0.717) is 12.0 Å². The average molecular weight is 197 g/mol. The number of carboxylic acids is 1. The van der Waals surface area contributed by atoms with Crippen LogP contribution in [0.15, 0.2) is 18.2 Å². The lowest BCUT2D eigenvalue weighted by atomic mass is 9.99. The minimum Gasteiger partial charge on any atom is -0.478 e.